The van der Waals surface area contributed by atoms with Gasteiger partial charge in [-0.2, -0.15) is 5.10 Å². The molecule has 0 saturated carbocycles. The molecule has 0 N–H and O–H groups in total. The minimum absolute atomic E-state index is 0.304. The molecule has 0 spiro atoms. The van der Waals surface area contributed by atoms with Gasteiger partial charge in [-0.1, -0.05) is 13.8 Å². The van der Waals surface area contributed by atoms with Crippen molar-refractivity contribution in [2.24, 2.45) is 0 Å². The van der Waals surface area contributed by atoms with Gasteiger partial charge in [-0.25, -0.2) is 14.4 Å². The van der Waals surface area contributed by atoms with Crippen LogP contribution in [0.15, 0.2) is 36.8 Å². The summed E-state index contributed by atoms with van der Waals surface area (Å²) in [6.07, 6.45) is 5.40. The van der Waals surface area contributed by atoms with Crippen LogP contribution in [-0.2, 0) is 19.6 Å². The first-order valence-corrected chi connectivity index (χ1v) is 8.81. The smallest absolute Gasteiger partial charge is 0.151 e. The molecule has 6 nitrogen and oxygen atoms in total. The van der Waals surface area contributed by atoms with Crippen molar-refractivity contribution in [3.05, 3.63) is 59.7 Å². The Hall–Kier alpha value is -2.67. The maximum Gasteiger partial charge on any atom is 0.151 e. The fraction of sp³-hybridized carbons (Fsp3) is 0.368. The maximum atomic E-state index is 14.0. The summed E-state index contributed by atoms with van der Waals surface area (Å²) in [5.41, 5.74) is 3.05. The first-order valence-electron chi connectivity index (χ1n) is 8.81. The lowest BCUT2D eigenvalue weighted by Crippen LogP contribution is -2.33. The van der Waals surface area contributed by atoms with Crippen molar-refractivity contribution < 1.29 is 4.39 Å². The second-order valence-corrected chi connectivity index (χ2v) is 6.89. The van der Waals surface area contributed by atoms with E-state index in [2.05, 4.69) is 38.8 Å². The molecule has 3 aromatic heterocycles. The van der Waals surface area contributed by atoms with E-state index in [0.717, 1.165) is 43.3 Å². The molecular formula is C19H21FN6. The quantitative estimate of drug-likeness (QED) is 0.722. The Morgan fingerprint density at radius 1 is 1.15 bits per heavy atom. The highest BCUT2D eigenvalue weighted by atomic mass is 19.1. The molecule has 0 saturated heterocycles. The molecule has 0 aliphatic carbocycles. The van der Waals surface area contributed by atoms with Crippen LogP contribution in [0.1, 0.15) is 36.8 Å². The van der Waals surface area contributed by atoms with Crippen molar-refractivity contribution in [3.8, 4) is 11.4 Å². The summed E-state index contributed by atoms with van der Waals surface area (Å²) in [5.74, 6) is 0.855. The normalized spacial score (nSPS) is 14.6. The zero-order valence-corrected chi connectivity index (χ0v) is 14.9. The van der Waals surface area contributed by atoms with Gasteiger partial charge in [0, 0.05) is 49.7 Å². The highest BCUT2D eigenvalue weighted by Crippen LogP contribution is 2.23. The van der Waals surface area contributed by atoms with Gasteiger partial charge in [0.15, 0.2) is 5.82 Å². The van der Waals surface area contributed by atoms with Crippen molar-refractivity contribution >= 4 is 0 Å². The van der Waals surface area contributed by atoms with Gasteiger partial charge in [0.05, 0.1) is 12.2 Å². The van der Waals surface area contributed by atoms with Crippen LogP contribution in [0.4, 0.5) is 4.39 Å². The third-order valence-corrected chi connectivity index (χ3v) is 4.53. The van der Waals surface area contributed by atoms with E-state index in [4.69, 9.17) is 0 Å². The lowest BCUT2D eigenvalue weighted by molar-refractivity contribution is 0.205. The Bertz CT molecular complexity index is 903. The summed E-state index contributed by atoms with van der Waals surface area (Å²) in [6, 6.07) is 4.92. The van der Waals surface area contributed by atoms with E-state index >= 15 is 0 Å². The van der Waals surface area contributed by atoms with Crippen LogP contribution in [-0.4, -0.2) is 36.2 Å². The molecule has 1 aliphatic heterocycles. The summed E-state index contributed by atoms with van der Waals surface area (Å²) < 4.78 is 15.9. The van der Waals surface area contributed by atoms with Crippen LogP contribution in [0, 0.1) is 5.82 Å². The topological polar surface area (TPSA) is 59.7 Å². The van der Waals surface area contributed by atoms with E-state index in [-0.39, 0.29) is 5.82 Å². The third kappa shape index (κ3) is 3.35. The van der Waals surface area contributed by atoms with Gasteiger partial charge in [-0.3, -0.25) is 14.6 Å². The molecule has 4 rings (SSSR count). The van der Waals surface area contributed by atoms with Crippen LogP contribution in [0.25, 0.3) is 11.4 Å². The lowest BCUT2D eigenvalue weighted by atomic mass is 10.2. The Morgan fingerprint density at radius 3 is 2.69 bits per heavy atom. The number of aromatic nitrogens is 5. The Labute approximate surface area is 151 Å². The zero-order valence-electron chi connectivity index (χ0n) is 14.9. The zero-order chi connectivity index (χ0) is 18.1. The van der Waals surface area contributed by atoms with Crippen LogP contribution >= 0.6 is 0 Å². The molecule has 26 heavy (non-hydrogen) atoms. The first-order chi connectivity index (χ1) is 12.6. The first kappa shape index (κ1) is 16.8. The molecule has 0 fully saturated rings. The van der Waals surface area contributed by atoms with Gasteiger partial charge in [-0.15, -0.1) is 0 Å². The largest absolute Gasteiger partial charge is 0.291 e. The second kappa shape index (κ2) is 6.92. The van der Waals surface area contributed by atoms with Crippen LogP contribution in [0.5, 0.6) is 0 Å². The summed E-state index contributed by atoms with van der Waals surface area (Å²) in [7, 11) is 0. The molecule has 0 amide bonds. The number of nitrogens with zero attached hydrogens (tertiary/aromatic N) is 6. The van der Waals surface area contributed by atoms with Crippen molar-refractivity contribution in [2.75, 3.05) is 6.54 Å². The van der Waals surface area contributed by atoms with Crippen LogP contribution in [0.3, 0.4) is 0 Å². The number of hydrogen-bond donors (Lipinski definition) is 0. The molecule has 0 aromatic carbocycles. The van der Waals surface area contributed by atoms with Gasteiger partial charge in [0.25, 0.3) is 0 Å². The Balaban J connectivity index is 1.49. The van der Waals surface area contributed by atoms with E-state index < -0.39 is 0 Å². The number of hydrogen-bond acceptors (Lipinski definition) is 5. The molecule has 3 aromatic rings. The lowest BCUT2D eigenvalue weighted by Gasteiger charge is -2.27. The van der Waals surface area contributed by atoms with E-state index in [1.807, 2.05) is 23.1 Å². The number of rotatable bonds is 4. The SMILES string of the molecule is CC(C)c1ncc(CN2CCn3nc(-c4ncccc4F)cc3C2)cn1. The molecule has 0 unspecified atom stereocenters. The van der Waals surface area contributed by atoms with Crippen molar-refractivity contribution in [2.45, 2.75) is 39.4 Å². The van der Waals surface area contributed by atoms with E-state index in [0.29, 0.717) is 17.3 Å². The standard InChI is InChI=1S/C19H21FN6/c1-13(2)19-22-9-14(10-23-19)11-25-6-7-26-15(12-25)8-17(24-26)18-16(20)4-3-5-21-18/h3-5,8-10,13H,6-7,11-12H2,1-2H3. The molecule has 134 valence electrons. The highest BCUT2D eigenvalue weighted by Gasteiger charge is 2.20. The molecule has 7 heteroatoms. The predicted octanol–water partition coefficient (Wildman–Crippen LogP) is 3.01. The van der Waals surface area contributed by atoms with Crippen molar-refractivity contribution in [3.63, 3.8) is 0 Å². The van der Waals surface area contributed by atoms with Gasteiger partial charge in [-0.05, 0) is 18.2 Å². The number of pyridine rings is 1. The summed E-state index contributed by atoms with van der Waals surface area (Å²) in [5, 5.41) is 4.52. The monoisotopic (exact) mass is 352 g/mol. The average Bonchev–Trinajstić information content (AvgIpc) is 3.05. The van der Waals surface area contributed by atoms with E-state index in [9.17, 15) is 4.39 Å². The molecule has 4 heterocycles. The van der Waals surface area contributed by atoms with Crippen LogP contribution < -0.4 is 0 Å². The van der Waals surface area contributed by atoms with Crippen molar-refractivity contribution in [1.82, 2.24) is 29.6 Å². The summed E-state index contributed by atoms with van der Waals surface area (Å²) in [4.78, 5) is 15.3. The van der Waals surface area contributed by atoms with E-state index in [1.165, 1.54) is 6.07 Å². The molecular weight excluding hydrogens is 331 g/mol. The number of fused-ring (bicyclic) bond motifs is 1. The minimum atomic E-state index is -0.345. The molecule has 1 aliphatic rings. The van der Waals surface area contributed by atoms with E-state index in [1.54, 1.807) is 12.3 Å². The summed E-state index contributed by atoms with van der Waals surface area (Å²) >= 11 is 0. The number of halogens is 1. The molecule has 0 atom stereocenters. The third-order valence-electron chi connectivity index (χ3n) is 4.53. The van der Waals surface area contributed by atoms with Gasteiger partial charge in [0.1, 0.15) is 17.2 Å². The maximum absolute atomic E-state index is 14.0. The molecule has 0 bridgehead atoms. The second-order valence-electron chi connectivity index (χ2n) is 6.89. The highest BCUT2D eigenvalue weighted by molar-refractivity contribution is 5.55. The van der Waals surface area contributed by atoms with Gasteiger partial charge in [0.2, 0.25) is 0 Å². The van der Waals surface area contributed by atoms with Crippen LogP contribution in [0.2, 0.25) is 0 Å². The Morgan fingerprint density at radius 2 is 1.96 bits per heavy atom. The molecule has 0 radical (unpaired) electrons. The van der Waals surface area contributed by atoms with Crippen molar-refractivity contribution in [1.29, 1.82) is 0 Å². The fourth-order valence-electron chi connectivity index (χ4n) is 3.15. The fourth-order valence-corrected chi connectivity index (χ4v) is 3.15. The average molecular weight is 352 g/mol. The van der Waals surface area contributed by atoms with Gasteiger partial charge < -0.3 is 0 Å². The van der Waals surface area contributed by atoms with Gasteiger partial charge >= 0.3 is 0 Å². The minimum Gasteiger partial charge on any atom is -0.291 e. The summed E-state index contributed by atoms with van der Waals surface area (Å²) in [6.45, 7) is 7.37. The predicted molar refractivity (Wildman–Crippen MR) is 95.7 cm³/mol. The Kier molecular flexibility index (Phi) is 4.46.